The van der Waals surface area contributed by atoms with Crippen LogP contribution >= 0.6 is 15.9 Å². The summed E-state index contributed by atoms with van der Waals surface area (Å²) in [4.78, 5) is 19.8. The van der Waals surface area contributed by atoms with E-state index in [1.54, 1.807) is 12.4 Å². The number of carbonyl (C=O) groups is 1. The first-order valence-electron chi connectivity index (χ1n) is 5.73. The number of rotatable bonds is 6. The van der Waals surface area contributed by atoms with Gasteiger partial charge in [-0.1, -0.05) is 22.0 Å². The zero-order valence-electron chi connectivity index (χ0n) is 9.80. The van der Waals surface area contributed by atoms with E-state index in [9.17, 15) is 4.79 Å². The highest BCUT2D eigenvalue weighted by Gasteiger charge is 2.10. The summed E-state index contributed by atoms with van der Waals surface area (Å²) in [6, 6.07) is 5.56. The monoisotopic (exact) mass is 308 g/mol. The number of pyridine rings is 1. The van der Waals surface area contributed by atoms with Crippen LogP contribution in [0.1, 0.15) is 18.7 Å². The van der Waals surface area contributed by atoms with Crippen LogP contribution in [0, 0.1) is 0 Å². The van der Waals surface area contributed by atoms with Crippen LogP contribution in [-0.4, -0.2) is 21.1 Å². The van der Waals surface area contributed by atoms with Crippen LogP contribution in [0.25, 0.3) is 11.5 Å². The number of Topliss-reactive ketones (excluding diaryl/α,β-unsaturated/α-hetero) is 1. The quantitative estimate of drug-likeness (QED) is 0.770. The maximum Gasteiger partial charge on any atom is 0.202 e. The van der Waals surface area contributed by atoms with Gasteiger partial charge in [-0.15, -0.1) is 0 Å². The molecule has 2 heterocycles. The molecule has 18 heavy (non-hydrogen) atoms. The largest absolute Gasteiger partial charge is 0.439 e. The van der Waals surface area contributed by atoms with Crippen LogP contribution in [0.4, 0.5) is 0 Å². The highest BCUT2D eigenvalue weighted by molar-refractivity contribution is 9.09. The van der Waals surface area contributed by atoms with Crippen LogP contribution in [0.2, 0.25) is 0 Å². The predicted molar refractivity (Wildman–Crippen MR) is 71.5 cm³/mol. The van der Waals surface area contributed by atoms with Gasteiger partial charge in [0, 0.05) is 17.9 Å². The molecule has 0 fully saturated rings. The number of ketones is 1. The van der Waals surface area contributed by atoms with Crippen LogP contribution < -0.4 is 0 Å². The van der Waals surface area contributed by atoms with Crippen LogP contribution in [0.5, 0.6) is 0 Å². The zero-order chi connectivity index (χ0) is 12.8. The zero-order valence-corrected chi connectivity index (χ0v) is 11.4. The molecule has 4 nitrogen and oxygen atoms in total. The van der Waals surface area contributed by atoms with Crippen LogP contribution in [0.15, 0.2) is 35.0 Å². The molecular weight excluding hydrogens is 296 g/mol. The van der Waals surface area contributed by atoms with Crippen molar-refractivity contribution < 1.29 is 9.21 Å². The van der Waals surface area contributed by atoms with E-state index in [0.717, 1.165) is 17.4 Å². The third-order valence-electron chi connectivity index (χ3n) is 2.41. The van der Waals surface area contributed by atoms with E-state index in [0.29, 0.717) is 18.1 Å². The SMILES string of the molecule is O=C(CCCBr)Cc1ncc(-c2ccccn2)o1. The van der Waals surface area contributed by atoms with Gasteiger partial charge in [-0.3, -0.25) is 9.78 Å². The minimum absolute atomic E-state index is 0.142. The summed E-state index contributed by atoms with van der Waals surface area (Å²) in [7, 11) is 0. The molecule has 0 saturated carbocycles. The molecule has 0 saturated heterocycles. The Kier molecular flexibility index (Phi) is 4.64. The second-order valence-electron chi connectivity index (χ2n) is 3.84. The number of halogens is 1. The van der Waals surface area contributed by atoms with E-state index in [-0.39, 0.29) is 12.2 Å². The van der Waals surface area contributed by atoms with E-state index in [2.05, 4.69) is 25.9 Å². The van der Waals surface area contributed by atoms with Gasteiger partial charge in [-0.05, 0) is 18.6 Å². The number of oxazole rings is 1. The van der Waals surface area contributed by atoms with Crippen molar-refractivity contribution >= 4 is 21.7 Å². The molecule has 0 aliphatic heterocycles. The summed E-state index contributed by atoms with van der Waals surface area (Å²) in [6.07, 6.45) is 4.94. The first kappa shape index (κ1) is 13.0. The molecule has 0 aromatic carbocycles. The first-order valence-corrected chi connectivity index (χ1v) is 6.85. The van der Waals surface area contributed by atoms with Crippen molar-refractivity contribution in [2.75, 3.05) is 5.33 Å². The van der Waals surface area contributed by atoms with Crippen molar-refractivity contribution in [3.63, 3.8) is 0 Å². The number of aromatic nitrogens is 2. The highest BCUT2D eigenvalue weighted by Crippen LogP contribution is 2.17. The Hall–Kier alpha value is -1.49. The molecule has 0 N–H and O–H groups in total. The Morgan fingerprint density at radius 1 is 1.33 bits per heavy atom. The van der Waals surface area contributed by atoms with Gasteiger partial charge in [0.2, 0.25) is 5.89 Å². The summed E-state index contributed by atoms with van der Waals surface area (Å²) in [5.74, 6) is 1.19. The molecule has 2 aromatic rings. The molecule has 0 aliphatic carbocycles. The number of alkyl halides is 1. The fourth-order valence-electron chi connectivity index (χ4n) is 1.54. The van der Waals surface area contributed by atoms with Gasteiger partial charge in [0.15, 0.2) is 5.76 Å². The van der Waals surface area contributed by atoms with Gasteiger partial charge >= 0.3 is 0 Å². The lowest BCUT2D eigenvalue weighted by Gasteiger charge is -1.96. The Bertz CT molecular complexity index is 511. The lowest BCUT2D eigenvalue weighted by atomic mass is 10.2. The molecule has 5 heteroatoms. The standard InChI is InChI=1S/C13H13BrN2O2/c14-6-3-4-10(17)8-13-16-9-12(18-13)11-5-1-2-7-15-11/h1-2,5,7,9H,3-4,6,8H2. The van der Waals surface area contributed by atoms with Crippen molar-refractivity contribution in [3.8, 4) is 11.5 Å². The molecule has 0 atom stereocenters. The second kappa shape index (κ2) is 6.44. The van der Waals surface area contributed by atoms with Gasteiger partial charge in [0.05, 0.1) is 12.6 Å². The minimum atomic E-state index is 0.142. The fourth-order valence-corrected chi connectivity index (χ4v) is 1.82. The highest BCUT2D eigenvalue weighted by atomic mass is 79.9. The number of hydrogen-bond acceptors (Lipinski definition) is 4. The average Bonchev–Trinajstić information content (AvgIpc) is 2.86. The molecule has 94 valence electrons. The molecule has 2 aromatic heterocycles. The third-order valence-corrected chi connectivity index (χ3v) is 2.97. The maximum atomic E-state index is 11.6. The predicted octanol–water partition coefficient (Wildman–Crippen LogP) is 3.02. The van der Waals surface area contributed by atoms with Gasteiger partial charge in [-0.25, -0.2) is 4.98 Å². The Morgan fingerprint density at radius 2 is 2.22 bits per heavy atom. The van der Waals surface area contributed by atoms with E-state index < -0.39 is 0 Å². The molecule has 2 rings (SSSR count). The maximum absolute atomic E-state index is 11.6. The van der Waals surface area contributed by atoms with Crippen LogP contribution in [0.3, 0.4) is 0 Å². The summed E-state index contributed by atoms with van der Waals surface area (Å²) in [5.41, 5.74) is 0.726. The van der Waals surface area contributed by atoms with Gasteiger partial charge in [0.25, 0.3) is 0 Å². The lowest BCUT2D eigenvalue weighted by molar-refractivity contribution is -0.118. The average molecular weight is 309 g/mol. The molecular formula is C13H13BrN2O2. The van der Waals surface area contributed by atoms with E-state index in [1.165, 1.54) is 0 Å². The molecule has 0 unspecified atom stereocenters. The fraction of sp³-hybridized carbons (Fsp3) is 0.308. The van der Waals surface area contributed by atoms with Crippen LogP contribution in [-0.2, 0) is 11.2 Å². The summed E-state index contributed by atoms with van der Waals surface area (Å²) in [5, 5.41) is 0.837. The second-order valence-corrected chi connectivity index (χ2v) is 4.63. The number of hydrogen-bond donors (Lipinski definition) is 0. The Labute approximate surface area is 114 Å². The summed E-state index contributed by atoms with van der Waals surface area (Å²) in [6.45, 7) is 0. The normalized spacial score (nSPS) is 10.5. The summed E-state index contributed by atoms with van der Waals surface area (Å²) < 4.78 is 5.51. The van der Waals surface area contributed by atoms with Crippen molar-refractivity contribution in [1.29, 1.82) is 0 Å². The Morgan fingerprint density at radius 3 is 2.94 bits per heavy atom. The molecule has 0 radical (unpaired) electrons. The molecule has 0 amide bonds. The van der Waals surface area contributed by atoms with Crippen molar-refractivity contribution in [2.45, 2.75) is 19.3 Å². The van der Waals surface area contributed by atoms with Crippen molar-refractivity contribution in [2.24, 2.45) is 0 Å². The topological polar surface area (TPSA) is 56.0 Å². The minimum Gasteiger partial charge on any atom is -0.439 e. The van der Waals surface area contributed by atoms with Gasteiger partial charge in [0.1, 0.15) is 11.5 Å². The van der Waals surface area contributed by atoms with E-state index in [1.807, 2.05) is 18.2 Å². The molecule has 0 bridgehead atoms. The first-order chi connectivity index (χ1) is 8.79. The van der Waals surface area contributed by atoms with Gasteiger partial charge < -0.3 is 4.42 Å². The smallest absolute Gasteiger partial charge is 0.202 e. The number of carbonyl (C=O) groups excluding carboxylic acids is 1. The third kappa shape index (κ3) is 3.50. The van der Waals surface area contributed by atoms with Crippen molar-refractivity contribution in [3.05, 3.63) is 36.5 Å². The van der Waals surface area contributed by atoms with Gasteiger partial charge in [-0.2, -0.15) is 0 Å². The Balaban J connectivity index is 2.00. The van der Waals surface area contributed by atoms with E-state index in [4.69, 9.17) is 4.42 Å². The molecule has 0 spiro atoms. The summed E-state index contributed by atoms with van der Waals surface area (Å²) >= 11 is 3.30. The molecule has 0 aliphatic rings. The van der Waals surface area contributed by atoms with E-state index >= 15 is 0 Å². The number of nitrogens with zero attached hydrogens (tertiary/aromatic N) is 2. The lowest BCUT2D eigenvalue weighted by Crippen LogP contribution is -2.02. The van der Waals surface area contributed by atoms with Crippen molar-refractivity contribution in [1.82, 2.24) is 9.97 Å².